The fourth-order valence-corrected chi connectivity index (χ4v) is 3.75. The number of benzene rings is 1. The van der Waals surface area contributed by atoms with Gasteiger partial charge in [0.05, 0.1) is 0 Å². The molecule has 0 radical (unpaired) electrons. The number of amides is 1. The second kappa shape index (κ2) is 9.11. The van der Waals surface area contributed by atoms with Gasteiger partial charge in [-0.3, -0.25) is 9.59 Å². The molecule has 1 aliphatic rings. The number of nitrogens with one attached hydrogen (secondary N) is 2. The molecule has 3 rings (SSSR count). The van der Waals surface area contributed by atoms with Crippen molar-refractivity contribution in [3.8, 4) is 5.75 Å². The van der Waals surface area contributed by atoms with Crippen molar-refractivity contribution in [1.82, 2.24) is 10.3 Å². The van der Waals surface area contributed by atoms with E-state index in [1.54, 1.807) is 18.2 Å². The lowest BCUT2D eigenvalue weighted by Gasteiger charge is -2.26. The van der Waals surface area contributed by atoms with Crippen molar-refractivity contribution in [3.05, 3.63) is 86.6 Å². The lowest BCUT2D eigenvalue weighted by Crippen LogP contribution is -2.31. The van der Waals surface area contributed by atoms with Gasteiger partial charge in [0.2, 0.25) is 5.91 Å². The van der Waals surface area contributed by atoms with E-state index in [1.165, 1.54) is 12.1 Å². The molecule has 1 unspecified atom stereocenters. The highest BCUT2D eigenvalue weighted by Gasteiger charge is 2.24. The van der Waals surface area contributed by atoms with E-state index in [4.69, 9.17) is 4.74 Å². The minimum Gasteiger partial charge on any atom is -0.486 e. The molecule has 0 saturated carbocycles. The number of H-pyrrole nitrogens is 1. The topological polar surface area (TPSA) is 71.2 Å². The quantitative estimate of drug-likeness (QED) is 0.753. The number of aromatic amines is 1. The van der Waals surface area contributed by atoms with Crippen LogP contribution in [-0.2, 0) is 11.3 Å². The summed E-state index contributed by atoms with van der Waals surface area (Å²) in [5.74, 6) is 0.240. The first-order valence-electron chi connectivity index (χ1n) is 10.0. The van der Waals surface area contributed by atoms with E-state index in [2.05, 4.69) is 10.3 Å². The zero-order chi connectivity index (χ0) is 21.8. The van der Waals surface area contributed by atoms with Crippen molar-refractivity contribution in [2.24, 2.45) is 5.92 Å². The van der Waals surface area contributed by atoms with Gasteiger partial charge >= 0.3 is 0 Å². The summed E-state index contributed by atoms with van der Waals surface area (Å²) in [7, 11) is 0. The molecule has 2 atom stereocenters. The molecule has 0 aliphatic heterocycles. The Kier molecular flexibility index (Phi) is 6.55. The van der Waals surface area contributed by atoms with E-state index >= 15 is 0 Å². The Labute approximate surface area is 175 Å². The average molecular weight is 410 g/mol. The Hall–Kier alpha value is -3.15. The molecule has 30 heavy (non-hydrogen) atoms. The number of aromatic nitrogens is 1. The zero-order valence-corrected chi connectivity index (χ0v) is 17.7. The molecule has 2 N–H and O–H groups in total. The molecular formula is C24H27FN2O3. The van der Waals surface area contributed by atoms with Crippen LogP contribution < -0.4 is 15.6 Å². The zero-order valence-electron chi connectivity index (χ0n) is 17.7. The number of allylic oxidation sites excluding steroid dienone is 2. The molecule has 6 heteroatoms. The summed E-state index contributed by atoms with van der Waals surface area (Å²) in [4.78, 5) is 27.5. The van der Waals surface area contributed by atoms with E-state index in [-0.39, 0.29) is 35.9 Å². The van der Waals surface area contributed by atoms with Crippen LogP contribution in [0.25, 0.3) is 0 Å². The van der Waals surface area contributed by atoms with Crippen LogP contribution in [0.1, 0.15) is 37.1 Å². The Bertz CT molecular complexity index is 1050. The number of pyridine rings is 1. The summed E-state index contributed by atoms with van der Waals surface area (Å²) in [5.41, 5.74) is 3.79. The fraction of sp³-hybridized carbons (Fsp3) is 0.333. The second-order valence-electron chi connectivity index (χ2n) is 7.80. The van der Waals surface area contributed by atoms with Crippen LogP contribution in [0.4, 0.5) is 4.39 Å². The maximum atomic E-state index is 13.1. The van der Waals surface area contributed by atoms with Crippen molar-refractivity contribution < 1.29 is 13.9 Å². The average Bonchev–Trinajstić information content (AvgIpc) is 2.68. The molecule has 1 aromatic carbocycles. The first kappa shape index (κ1) is 21.6. The third-order valence-corrected chi connectivity index (χ3v) is 5.38. The van der Waals surface area contributed by atoms with Gasteiger partial charge in [-0.15, -0.1) is 0 Å². The summed E-state index contributed by atoms with van der Waals surface area (Å²) in [6, 6.07) is 7.82. The van der Waals surface area contributed by atoms with Crippen LogP contribution in [0.5, 0.6) is 5.75 Å². The fourth-order valence-electron chi connectivity index (χ4n) is 3.75. The van der Waals surface area contributed by atoms with Gasteiger partial charge in [-0.25, -0.2) is 4.39 Å². The molecule has 1 heterocycles. The largest absolute Gasteiger partial charge is 0.486 e. The monoisotopic (exact) mass is 410 g/mol. The number of hydrogen-bond acceptors (Lipinski definition) is 3. The number of rotatable bonds is 6. The van der Waals surface area contributed by atoms with Crippen LogP contribution in [0.15, 0.2) is 58.4 Å². The summed E-state index contributed by atoms with van der Waals surface area (Å²) >= 11 is 0. The van der Waals surface area contributed by atoms with Gasteiger partial charge in [0.25, 0.3) is 5.56 Å². The Morgan fingerprint density at radius 1 is 1.27 bits per heavy atom. The highest BCUT2D eigenvalue weighted by atomic mass is 19.1. The molecular weight excluding hydrogens is 383 g/mol. The van der Waals surface area contributed by atoms with Gasteiger partial charge in [-0.05, 0) is 74.6 Å². The summed E-state index contributed by atoms with van der Waals surface area (Å²) in [6.07, 6.45) is 4.11. The Morgan fingerprint density at radius 3 is 2.60 bits per heavy atom. The first-order chi connectivity index (χ1) is 14.2. The number of ether oxygens (including phenoxy) is 1. The molecule has 1 aromatic heterocycles. The van der Waals surface area contributed by atoms with Crippen LogP contribution in [0.2, 0.25) is 0 Å². The molecule has 2 aromatic rings. The smallest absolute Gasteiger partial charge is 0.253 e. The van der Waals surface area contributed by atoms with Crippen LogP contribution in [0, 0.1) is 25.6 Å². The van der Waals surface area contributed by atoms with Gasteiger partial charge < -0.3 is 15.0 Å². The highest BCUT2D eigenvalue weighted by Crippen LogP contribution is 2.29. The first-order valence-corrected chi connectivity index (χ1v) is 10.0. The number of carbonyl (C=O) groups is 1. The van der Waals surface area contributed by atoms with Crippen LogP contribution in [0.3, 0.4) is 0 Å². The highest BCUT2D eigenvalue weighted by molar-refractivity contribution is 5.94. The van der Waals surface area contributed by atoms with E-state index in [9.17, 15) is 14.0 Å². The van der Waals surface area contributed by atoms with Gasteiger partial charge in [0.1, 0.15) is 17.7 Å². The lowest BCUT2D eigenvalue weighted by molar-refractivity contribution is -0.117. The van der Waals surface area contributed by atoms with Crippen molar-refractivity contribution in [2.45, 2.75) is 46.8 Å². The minimum atomic E-state index is -0.304. The Balaban J connectivity index is 1.65. The second-order valence-corrected chi connectivity index (χ2v) is 7.80. The van der Waals surface area contributed by atoms with Crippen molar-refractivity contribution in [2.75, 3.05) is 0 Å². The third-order valence-electron chi connectivity index (χ3n) is 5.38. The van der Waals surface area contributed by atoms with E-state index in [1.807, 2.05) is 39.8 Å². The lowest BCUT2D eigenvalue weighted by atomic mass is 9.85. The van der Waals surface area contributed by atoms with E-state index < -0.39 is 0 Å². The summed E-state index contributed by atoms with van der Waals surface area (Å²) < 4.78 is 19.0. The van der Waals surface area contributed by atoms with Gasteiger partial charge in [-0.1, -0.05) is 19.1 Å². The normalized spacial score (nSPS) is 17.0. The number of halogens is 1. The minimum absolute atomic E-state index is 0.121. The van der Waals surface area contributed by atoms with Crippen molar-refractivity contribution in [1.29, 1.82) is 0 Å². The predicted octanol–water partition coefficient (Wildman–Crippen LogP) is 4.11. The number of aryl methyl sites for hydroxylation is 2. The SMILES string of the molecule is Cc1cc(C)c(CNC(=O)C2=CC=C([C@H](C)Oc3ccc(F)cc3)C(C)C2)c(=O)[nH]1. The molecule has 0 saturated heterocycles. The van der Waals surface area contributed by atoms with Gasteiger partial charge in [0, 0.05) is 23.4 Å². The number of hydrogen-bond donors (Lipinski definition) is 2. The van der Waals surface area contributed by atoms with Gasteiger partial charge in [-0.2, -0.15) is 0 Å². The van der Waals surface area contributed by atoms with E-state index in [0.717, 1.165) is 16.8 Å². The maximum absolute atomic E-state index is 13.1. The standard InChI is InChI=1S/C24H27FN2O3/c1-14-11-16(3)27-24(29)22(14)13-26-23(28)18-5-10-21(15(2)12-18)17(4)30-20-8-6-19(25)7-9-20/h5-11,15,17H,12-13H2,1-4H3,(H,26,28)(H,27,29)/t15?,17-/m0/s1. The molecule has 5 nitrogen and oxygen atoms in total. The molecule has 1 aliphatic carbocycles. The Morgan fingerprint density at radius 2 is 1.97 bits per heavy atom. The molecule has 0 spiro atoms. The van der Waals surface area contributed by atoms with Crippen molar-refractivity contribution in [3.63, 3.8) is 0 Å². The van der Waals surface area contributed by atoms with Crippen molar-refractivity contribution >= 4 is 5.91 Å². The molecule has 1 amide bonds. The summed E-state index contributed by atoms with van der Waals surface area (Å²) in [5, 5.41) is 2.86. The van der Waals surface area contributed by atoms with Crippen LogP contribution in [-0.4, -0.2) is 17.0 Å². The molecule has 158 valence electrons. The third kappa shape index (κ3) is 5.06. The molecule has 0 bridgehead atoms. The van der Waals surface area contributed by atoms with Gasteiger partial charge in [0.15, 0.2) is 0 Å². The number of carbonyl (C=O) groups excluding carboxylic acids is 1. The maximum Gasteiger partial charge on any atom is 0.253 e. The summed E-state index contributed by atoms with van der Waals surface area (Å²) in [6.45, 7) is 7.87. The molecule has 0 fully saturated rings. The van der Waals surface area contributed by atoms with E-state index in [0.29, 0.717) is 23.3 Å². The predicted molar refractivity (Wildman–Crippen MR) is 115 cm³/mol. The van der Waals surface area contributed by atoms with Crippen LogP contribution >= 0.6 is 0 Å².